The second kappa shape index (κ2) is 4.49. The molecule has 2 aliphatic heterocycles. The number of rotatable bonds is 0. The number of fused-ring (bicyclic) bond motifs is 1. The van der Waals surface area contributed by atoms with Crippen molar-refractivity contribution in [2.45, 2.75) is 58.5 Å². The lowest BCUT2D eigenvalue weighted by Gasteiger charge is -2.60. The molecule has 0 saturated heterocycles. The van der Waals surface area contributed by atoms with E-state index in [2.05, 4.69) is 13.8 Å². The van der Waals surface area contributed by atoms with Crippen LogP contribution in [0.5, 0.6) is 0 Å². The summed E-state index contributed by atoms with van der Waals surface area (Å²) < 4.78 is 11.3. The van der Waals surface area contributed by atoms with Gasteiger partial charge in [-0.25, -0.2) is 9.59 Å². The molecule has 2 aliphatic carbocycles. The number of cyclic esters (lactones) is 1. The summed E-state index contributed by atoms with van der Waals surface area (Å²) in [6.45, 7) is 6.87. The first-order valence-corrected chi connectivity index (χ1v) is 8.61. The van der Waals surface area contributed by atoms with E-state index in [1.54, 1.807) is 13.0 Å². The Labute approximate surface area is 136 Å². The first-order valence-electron chi connectivity index (χ1n) is 8.61. The minimum Gasteiger partial charge on any atom is -0.462 e. The molecule has 124 valence electrons. The molecule has 4 aliphatic rings. The third kappa shape index (κ3) is 1.90. The Kier molecular flexibility index (Phi) is 2.92. The Bertz CT molecular complexity index is 656. The number of carbonyl (C=O) groups excluding carboxylic acids is 2. The Balaban J connectivity index is 1.88. The lowest BCUT2D eigenvalue weighted by molar-refractivity contribution is -0.163. The Morgan fingerprint density at radius 2 is 1.96 bits per heavy atom. The highest BCUT2D eigenvalue weighted by atomic mass is 16.6. The van der Waals surface area contributed by atoms with Gasteiger partial charge in [0.2, 0.25) is 0 Å². The van der Waals surface area contributed by atoms with Crippen LogP contribution in [0, 0.1) is 16.7 Å². The normalized spacial score (nSPS) is 41.4. The quantitative estimate of drug-likeness (QED) is 0.643. The maximum atomic E-state index is 12.1. The van der Waals surface area contributed by atoms with Crippen LogP contribution in [0.1, 0.15) is 52.9 Å². The molecule has 0 amide bonds. The van der Waals surface area contributed by atoms with Crippen LogP contribution in [0.2, 0.25) is 0 Å². The molecule has 2 heterocycles. The summed E-state index contributed by atoms with van der Waals surface area (Å²) in [7, 11) is 0. The maximum absolute atomic E-state index is 12.1. The van der Waals surface area contributed by atoms with Gasteiger partial charge in [-0.2, -0.15) is 0 Å². The van der Waals surface area contributed by atoms with Gasteiger partial charge in [0.15, 0.2) is 5.60 Å². The molecule has 0 radical (unpaired) electrons. The van der Waals surface area contributed by atoms with Crippen LogP contribution in [0.25, 0.3) is 0 Å². The van der Waals surface area contributed by atoms with E-state index in [4.69, 9.17) is 9.47 Å². The van der Waals surface area contributed by atoms with Gasteiger partial charge in [0, 0.05) is 17.1 Å². The van der Waals surface area contributed by atoms with Crippen LogP contribution in [-0.4, -0.2) is 24.1 Å². The molecule has 0 aromatic rings. The molecule has 2 spiro atoms. The fourth-order valence-corrected chi connectivity index (χ4v) is 5.68. The van der Waals surface area contributed by atoms with Crippen LogP contribution in [-0.2, 0) is 19.1 Å². The standard InChI is InChI=1S/C19H24O4/c1-12-10-19(23-16(12)21)8-5-13-17(2,3)6-4-7-18(13)11-22-15(20)9-14(18)19/h9-10,13H,4-8,11H2,1-3H3/t13?,18-,19-/m1/s1. The molecule has 1 unspecified atom stereocenters. The predicted molar refractivity (Wildman–Crippen MR) is 84.4 cm³/mol. The molecular formula is C19H24O4. The number of carbonyl (C=O) groups is 2. The summed E-state index contributed by atoms with van der Waals surface area (Å²) >= 11 is 0. The van der Waals surface area contributed by atoms with Crippen LogP contribution in [0.4, 0.5) is 0 Å². The van der Waals surface area contributed by atoms with Gasteiger partial charge in [0.05, 0.1) is 0 Å². The molecule has 0 aromatic heterocycles. The van der Waals surface area contributed by atoms with Crippen molar-refractivity contribution in [3.63, 3.8) is 0 Å². The smallest absolute Gasteiger partial charge is 0.334 e. The lowest BCUT2D eigenvalue weighted by atomic mass is 9.46. The van der Waals surface area contributed by atoms with Crippen molar-refractivity contribution >= 4 is 11.9 Å². The highest BCUT2D eigenvalue weighted by molar-refractivity contribution is 5.93. The average Bonchev–Trinajstić information content (AvgIpc) is 2.75. The summed E-state index contributed by atoms with van der Waals surface area (Å²) in [5, 5.41) is 0. The third-order valence-corrected chi connectivity index (χ3v) is 6.63. The van der Waals surface area contributed by atoms with Crippen LogP contribution >= 0.6 is 0 Å². The largest absolute Gasteiger partial charge is 0.462 e. The van der Waals surface area contributed by atoms with Gasteiger partial charge in [-0.1, -0.05) is 20.3 Å². The second-order valence-corrected chi connectivity index (χ2v) is 8.36. The van der Waals surface area contributed by atoms with Gasteiger partial charge in [0.1, 0.15) is 6.61 Å². The number of ether oxygens (including phenoxy) is 2. The molecule has 4 nitrogen and oxygen atoms in total. The Morgan fingerprint density at radius 1 is 1.17 bits per heavy atom. The summed E-state index contributed by atoms with van der Waals surface area (Å²) in [4.78, 5) is 24.0. The minimum absolute atomic E-state index is 0.171. The van der Waals surface area contributed by atoms with E-state index < -0.39 is 5.60 Å². The zero-order chi connectivity index (χ0) is 16.5. The third-order valence-electron chi connectivity index (χ3n) is 6.63. The van der Waals surface area contributed by atoms with Crippen molar-refractivity contribution in [2.24, 2.45) is 16.7 Å². The van der Waals surface area contributed by atoms with Crippen molar-refractivity contribution in [3.05, 3.63) is 23.3 Å². The average molecular weight is 316 g/mol. The number of hydrogen-bond donors (Lipinski definition) is 0. The van der Waals surface area contributed by atoms with E-state index >= 15 is 0 Å². The molecule has 2 fully saturated rings. The molecule has 3 atom stereocenters. The van der Waals surface area contributed by atoms with Crippen molar-refractivity contribution < 1.29 is 19.1 Å². The van der Waals surface area contributed by atoms with E-state index in [1.165, 1.54) is 6.42 Å². The van der Waals surface area contributed by atoms with Crippen LogP contribution in [0.3, 0.4) is 0 Å². The van der Waals surface area contributed by atoms with E-state index in [0.29, 0.717) is 18.1 Å². The summed E-state index contributed by atoms with van der Waals surface area (Å²) in [6, 6.07) is 0. The SMILES string of the molecule is CC1=C[C@@]2(CCC3C(C)(C)CCC[C@@]34COC(=O)C=C42)OC1=O. The fraction of sp³-hybridized carbons (Fsp3) is 0.684. The van der Waals surface area contributed by atoms with E-state index in [1.807, 2.05) is 6.08 Å². The minimum atomic E-state index is -0.718. The highest BCUT2D eigenvalue weighted by Gasteiger charge is 2.62. The molecule has 2 saturated carbocycles. The Morgan fingerprint density at radius 3 is 2.65 bits per heavy atom. The molecular weight excluding hydrogens is 292 g/mol. The summed E-state index contributed by atoms with van der Waals surface area (Å²) in [5.41, 5.74) is 0.966. The molecule has 0 N–H and O–H groups in total. The van der Waals surface area contributed by atoms with Crippen molar-refractivity contribution in [2.75, 3.05) is 6.61 Å². The van der Waals surface area contributed by atoms with Gasteiger partial charge < -0.3 is 9.47 Å². The van der Waals surface area contributed by atoms with E-state index in [9.17, 15) is 9.59 Å². The summed E-state index contributed by atoms with van der Waals surface area (Å²) in [5.74, 6) is -0.0988. The van der Waals surface area contributed by atoms with E-state index in [0.717, 1.165) is 31.3 Å². The van der Waals surface area contributed by atoms with Gasteiger partial charge in [-0.3, -0.25) is 0 Å². The molecule has 23 heavy (non-hydrogen) atoms. The van der Waals surface area contributed by atoms with Crippen LogP contribution < -0.4 is 0 Å². The second-order valence-electron chi connectivity index (χ2n) is 8.36. The number of esters is 2. The maximum Gasteiger partial charge on any atom is 0.334 e. The summed E-state index contributed by atoms with van der Waals surface area (Å²) in [6.07, 6.45) is 8.66. The van der Waals surface area contributed by atoms with Gasteiger partial charge >= 0.3 is 11.9 Å². The van der Waals surface area contributed by atoms with Gasteiger partial charge in [-0.15, -0.1) is 0 Å². The molecule has 0 bridgehead atoms. The lowest BCUT2D eigenvalue weighted by Crippen LogP contribution is -2.58. The zero-order valence-electron chi connectivity index (χ0n) is 14.1. The highest BCUT2D eigenvalue weighted by Crippen LogP contribution is 2.64. The molecule has 0 aromatic carbocycles. The van der Waals surface area contributed by atoms with Gasteiger partial charge in [-0.05, 0) is 55.6 Å². The number of hydrogen-bond acceptors (Lipinski definition) is 4. The van der Waals surface area contributed by atoms with Crippen molar-refractivity contribution in [1.29, 1.82) is 0 Å². The zero-order valence-corrected chi connectivity index (χ0v) is 14.1. The van der Waals surface area contributed by atoms with Gasteiger partial charge in [0.25, 0.3) is 0 Å². The van der Waals surface area contributed by atoms with E-state index in [-0.39, 0.29) is 22.8 Å². The van der Waals surface area contributed by atoms with Crippen molar-refractivity contribution in [1.82, 2.24) is 0 Å². The molecule has 4 heteroatoms. The first kappa shape index (κ1) is 15.0. The monoisotopic (exact) mass is 316 g/mol. The Hall–Kier alpha value is -1.58. The van der Waals surface area contributed by atoms with Crippen LogP contribution in [0.15, 0.2) is 23.3 Å². The topological polar surface area (TPSA) is 52.6 Å². The predicted octanol–water partition coefficient (Wildman–Crippen LogP) is 3.32. The fourth-order valence-electron chi connectivity index (χ4n) is 5.68. The first-order chi connectivity index (χ1) is 10.8. The van der Waals surface area contributed by atoms with Crippen molar-refractivity contribution in [3.8, 4) is 0 Å². The molecule has 4 rings (SSSR count).